The van der Waals surface area contributed by atoms with E-state index >= 15 is 0 Å². The number of hydrogen-bond acceptors (Lipinski definition) is 3. The van der Waals surface area contributed by atoms with Crippen molar-refractivity contribution in [2.45, 2.75) is 39.2 Å². The molecule has 0 bridgehead atoms. The second-order valence-corrected chi connectivity index (χ2v) is 6.72. The lowest BCUT2D eigenvalue weighted by Gasteiger charge is -2.20. The zero-order valence-corrected chi connectivity index (χ0v) is 13.6. The van der Waals surface area contributed by atoms with Crippen molar-refractivity contribution >= 4 is 23.5 Å². The standard InChI is InChI=1S/C17H21N3O3/c1-10-6-11(2)8-13(7-10)18-14(21)9-20-15(22)17(3,12-4-5-12)19-16(20)23/h6-8,12H,4-5,9H2,1-3H3,(H,18,21)(H,19,23)/t17-/m0/s1. The Morgan fingerprint density at radius 3 is 2.43 bits per heavy atom. The summed E-state index contributed by atoms with van der Waals surface area (Å²) < 4.78 is 0. The van der Waals surface area contributed by atoms with Crippen LogP contribution in [0, 0.1) is 19.8 Å². The van der Waals surface area contributed by atoms with Gasteiger partial charge in [-0.25, -0.2) is 4.79 Å². The van der Waals surface area contributed by atoms with Crippen molar-refractivity contribution in [1.82, 2.24) is 10.2 Å². The SMILES string of the molecule is Cc1cc(C)cc(NC(=O)CN2C(=O)N[C@@](C)(C3CC3)C2=O)c1. The highest BCUT2D eigenvalue weighted by molar-refractivity contribution is 6.10. The van der Waals surface area contributed by atoms with Crippen molar-refractivity contribution in [2.24, 2.45) is 5.92 Å². The number of amides is 4. The normalized spacial score (nSPS) is 23.9. The van der Waals surface area contributed by atoms with Gasteiger partial charge in [-0.15, -0.1) is 0 Å². The van der Waals surface area contributed by atoms with Crippen LogP contribution < -0.4 is 10.6 Å². The van der Waals surface area contributed by atoms with Crippen LogP contribution in [0.3, 0.4) is 0 Å². The molecule has 3 rings (SSSR count). The van der Waals surface area contributed by atoms with Crippen molar-refractivity contribution in [2.75, 3.05) is 11.9 Å². The van der Waals surface area contributed by atoms with Crippen molar-refractivity contribution in [3.8, 4) is 0 Å². The highest BCUT2D eigenvalue weighted by Gasteiger charge is 2.56. The maximum Gasteiger partial charge on any atom is 0.325 e. The fraction of sp³-hybridized carbons (Fsp3) is 0.471. The van der Waals surface area contributed by atoms with Crippen LogP contribution in [0.25, 0.3) is 0 Å². The topological polar surface area (TPSA) is 78.5 Å². The summed E-state index contributed by atoms with van der Waals surface area (Å²) in [6, 6.07) is 5.23. The number of aryl methyl sites for hydroxylation is 2. The average Bonchev–Trinajstić information content (AvgIpc) is 3.24. The molecule has 23 heavy (non-hydrogen) atoms. The molecule has 6 nitrogen and oxygen atoms in total. The number of urea groups is 1. The number of nitrogens with one attached hydrogen (secondary N) is 2. The Morgan fingerprint density at radius 1 is 1.26 bits per heavy atom. The van der Waals surface area contributed by atoms with E-state index < -0.39 is 11.6 Å². The minimum absolute atomic E-state index is 0.187. The predicted octanol–water partition coefficient (Wildman–Crippen LogP) is 1.96. The van der Waals surface area contributed by atoms with Crippen LogP contribution in [-0.2, 0) is 9.59 Å². The second-order valence-electron chi connectivity index (χ2n) is 6.72. The Morgan fingerprint density at radius 2 is 1.87 bits per heavy atom. The molecule has 1 saturated carbocycles. The largest absolute Gasteiger partial charge is 0.325 e. The first kappa shape index (κ1) is 15.5. The maximum atomic E-state index is 12.5. The molecule has 0 radical (unpaired) electrons. The van der Waals surface area contributed by atoms with Gasteiger partial charge in [0.2, 0.25) is 5.91 Å². The molecule has 1 aromatic rings. The van der Waals surface area contributed by atoms with Crippen LogP contribution >= 0.6 is 0 Å². The first-order valence-electron chi connectivity index (χ1n) is 7.82. The van der Waals surface area contributed by atoms with Gasteiger partial charge in [0.05, 0.1) is 0 Å². The quantitative estimate of drug-likeness (QED) is 0.834. The lowest BCUT2D eigenvalue weighted by molar-refractivity contribution is -0.134. The van der Waals surface area contributed by atoms with Crippen molar-refractivity contribution in [3.63, 3.8) is 0 Å². The van der Waals surface area contributed by atoms with Gasteiger partial charge in [-0.3, -0.25) is 14.5 Å². The van der Waals surface area contributed by atoms with Crippen LogP contribution in [0.15, 0.2) is 18.2 Å². The lowest BCUT2D eigenvalue weighted by Crippen LogP contribution is -2.46. The fourth-order valence-electron chi connectivity index (χ4n) is 3.19. The summed E-state index contributed by atoms with van der Waals surface area (Å²) in [5.41, 5.74) is 1.90. The molecular formula is C17H21N3O3. The molecular weight excluding hydrogens is 294 g/mol. The van der Waals surface area contributed by atoms with Crippen LogP contribution in [0.4, 0.5) is 10.5 Å². The van der Waals surface area contributed by atoms with E-state index in [1.165, 1.54) is 0 Å². The van der Waals surface area contributed by atoms with Gasteiger partial charge in [-0.1, -0.05) is 6.07 Å². The maximum absolute atomic E-state index is 12.5. The van der Waals surface area contributed by atoms with E-state index in [-0.39, 0.29) is 24.3 Å². The van der Waals surface area contributed by atoms with E-state index in [2.05, 4.69) is 10.6 Å². The third-order valence-corrected chi connectivity index (χ3v) is 4.50. The first-order chi connectivity index (χ1) is 10.8. The number of nitrogens with zero attached hydrogens (tertiary/aromatic N) is 1. The molecule has 1 saturated heterocycles. The van der Waals surface area contributed by atoms with E-state index in [9.17, 15) is 14.4 Å². The molecule has 6 heteroatoms. The van der Waals surface area contributed by atoms with Crippen molar-refractivity contribution in [3.05, 3.63) is 29.3 Å². The molecule has 1 aromatic carbocycles. The Balaban J connectivity index is 1.68. The fourth-order valence-corrected chi connectivity index (χ4v) is 3.19. The number of imide groups is 1. The monoisotopic (exact) mass is 315 g/mol. The van der Waals surface area contributed by atoms with Crippen LogP contribution in [-0.4, -0.2) is 34.8 Å². The number of benzene rings is 1. The van der Waals surface area contributed by atoms with Crippen LogP contribution in [0.1, 0.15) is 30.9 Å². The molecule has 122 valence electrons. The molecule has 1 aliphatic carbocycles. The number of anilines is 1. The molecule has 0 spiro atoms. The highest BCUT2D eigenvalue weighted by atomic mass is 16.2. The molecule has 0 aromatic heterocycles. The Hall–Kier alpha value is -2.37. The molecule has 4 amide bonds. The summed E-state index contributed by atoms with van der Waals surface area (Å²) in [6.45, 7) is 5.37. The van der Waals surface area contributed by atoms with Crippen molar-refractivity contribution < 1.29 is 14.4 Å². The molecule has 0 unspecified atom stereocenters. The Labute approximate surface area is 135 Å². The van der Waals surface area contributed by atoms with Gasteiger partial charge in [-0.05, 0) is 62.8 Å². The zero-order chi connectivity index (χ0) is 16.8. The highest BCUT2D eigenvalue weighted by Crippen LogP contribution is 2.42. The van der Waals surface area contributed by atoms with Gasteiger partial charge in [0.15, 0.2) is 0 Å². The summed E-state index contributed by atoms with van der Waals surface area (Å²) in [5, 5.41) is 5.49. The zero-order valence-electron chi connectivity index (χ0n) is 13.6. The average molecular weight is 315 g/mol. The number of carbonyl (C=O) groups is 3. The Bertz CT molecular complexity index is 676. The molecule has 2 N–H and O–H groups in total. The van der Waals surface area contributed by atoms with Gasteiger partial charge >= 0.3 is 6.03 Å². The number of hydrogen-bond donors (Lipinski definition) is 2. The third kappa shape index (κ3) is 2.93. The molecule has 1 heterocycles. The molecule has 2 aliphatic rings. The number of carbonyl (C=O) groups excluding carboxylic acids is 3. The van der Waals surface area contributed by atoms with Gasteiger partial charge in [0, 0.05) is 5.69 Å². The Kier molecular flexibility index (Phi) is 3.62. The summed E-state index contributed by atoms with van der Waals surface area (Å²) in [4.78, 5) is 37.7. The van der Waals surface area contributed by atoms with E-state index in [0.717, 1.165) is 28.9 Å². The van der Waals surface area contributed by atoms with Crippen molar-refractivity contribution in [1.29, 1.82) is 0 Å². The summed E-state index contributed by atoms with van der Waals surface area (Å²) >= 11 is 0. The van der Waals surface area contributed by atoms with E-state index in [0.29, 0.717) is 5.69 Å². The van der Waals surface area contributed by atoms with Gasteiger partial charge < -0.3 is 10.6 Å². The predicted molar refractivity (Wildman–Crippen MR) is 85.9 cm³/mol. The second kappa shape index (κ2) is 5.37. The minimum atomic E-state index is -0.850. The van der Waals surface area contributed by atoms with Gasteiger partial charge in [0.25, 0.3) is 5.91 Å². The van der Waals surface area contributed by atoms with E-state index in [1.54, 1.807) is 6.92 Å². The summed E-state index contributed by atoms with van der Waals surface area (Å²) in [5.74, 6) is -0.495. The molecule has 2 fully saturated rings. The van der Waals surface area contributed by atoms with Crippen LogP contribution in [0.2, 0.25) is 0 Å². The summed E-state index contributed by atoms with van der Waals surface area (Å²) in [6.07, 6.45) is 1.87. The van der Waals surface area contributed by atoms with E-state index in [1.807, 2.05) is 32.0 Å². The van der Waals surface area contributed by atoms with Gasteiger partial charge in [-0.2, -0.15) is 0 Å². The summed E-state index contributed by atoms with van der Waals surface area (Å²) in [7, 11) is 0. The van der Waals surface area contributed by atoms with Gasteiger partial charge in [0.1, 0.15) is 12.1 Å². The van der Waals surface area contributed by atoms with E-state index in [4.69, 9.17) is 0 Å². The number of rotatable bonds is 4. The molecule has 1 aliphatic heterocycles. The first-order valence-corrected chi connectivity index (χ1v) is 7.82. The third-order valence-electron chi connectivity index (χ3n) is 4.50. The smallest absolute Gasteiger partial charge is 0.325 e. The van der Waals surface area contributed by atoms with Crippen LogP contribution in [0.5, 0.6) is 0 Å². The lowest BCUT2D eigenvalue weighted by atomic mass is 9.96. The molecule has 1 atom stereocenters. The minimum Gasteiger partial charge on any atom is -0.325 e.